The predicted octanol–water partition coefficient (Wildman–Crippen LogP) is 3.86. The zero-order valence-electron chi connectivity index (χ0n) is 15.6. The number of carbonyl (C=O) groups is 1. The molecule has 0 bridgehead atoms. The van der Waals surface area contributed by atoms with Gasteiger partial charge in [-0.25, -0.2) is 4.39 Å². The molecule has 2 fully saturated rings. The molecule has 1 aliphatic carbocycles. The van der Waals surface area contributed by atoms with Crippen LogP contribution in [0, 0.1) is 23.1 Å². The second kappa shape index (κ2) is 7.73. The van der Waals surface area contributed by atoms with E-state index in [1.54, 1.807) is 11.0 Å². The summed E-state index contributed by atoms with van der Waals surface area (Å²) in [5.41, 5.74) is 2.43. The van der Waals surface area contributed by atoms with Crippen LogP contribution in [0.4, 0.5) is 4.39 Å². The summed E-state index contributed by atoms with van der Waals surface area (Å²) >= 11 is 0. The zero-order valence-corrected chi connectivity index (χ0v) is 15.6. The summed E-state index contributed by atoms with van der Waals surface area (Å²) in [7, 11) is 0. The van der Waals surface area contributed by atoms with E-state index >= 15 is 0 Å². The maximum Gasteiger partial charge on any atom is 0.227 e. The summed E-state index contributed by atoms with van der Waals surface area (Å²) in [6, 6.07) is 15.2. The Labute approximate surface area is 164 Å². The van der Waals surface area contributed by atoms with E-state index in [4.69, 9.17) is 0 Å². The van der Waals surface area contributed by atoms with Crippen LogP contribution in [0.3, 0.4) is 0 Å². The molecule has 2 aromatic rings. The minimum absolute atomic E-state index is 0.0115. The Kier molecular flexibility index (Phi) is 5.15. The summed E-state index contributed by atoms with van der Waals surface area (Å²) in [6.07, 6.45) is 3.79. The van der Waals surface area contributed by atoms with Crippen molar-refractivity contribution in [1.82, 2.24) is 4.90 Å². The molecule has 4 nitrogen and oxygen atoms in total. The molecule has 28 heavy (non-hydrogen) atoms. The molecule has 144 valence electrons. The third-order valence-corrected chi connectivity index (χ3v) is 6.15. The molecule has 1 amide bonds. The van der Waals surface area contributed by atoms with Crippen molar-refractivity contribution in [3.63, 3.8) is 0 Å². The first-order valence-corrected chi connectivity index (χ1v) is 9.83. The van der Waals surface area contributed by atoms with Gasteiger partial charge in [0.05, 0.1) is 18.7 Å². The molecular weight excluding hydrogens is 355 g/mol. The lowest BCUT2D eigenvalue weighted by Gasteiger charge is -2.52. The van der Waals surface area contributed by atoms with Crippen LogP contribution in [-0.2, 0) is 4.79 Å². The fourth-order valence-corrected chi connectivity index (χ4v) is 4.77. The van der Waals surface area contributed by atoms with E-state index in [2.05, 4.69) is 6.07 Å². The predicted molar refractivity (Wildman–Crippen MR) is 104 cm³/mol. The van der Waals surface area contributed by atoms with Gasteiger partial charge in [-0.2, -0.15) is 5.26 Å². The van der Waals surface area contributed by atoms with E-state index in [9.17, 15) is 19.6 Å². The van der Waals surface area contributed by atoms with Crippen molar-refractivity contribution in [2.24, 2.45) is 5.92 Å². The van der Waals surface area contributed by atoms with Gasteiger partial charge in [-0.3, -0.25) is 4.79 Å². The van der Waals surface area contributed by atoms with Crippen molar-refractivity contribution in [3.05, 3.63) is 59.9 Å². The van der Waals surface area contributed by atoms with Gasteiger partial charge in [-0.05, 0) is 41.7 Å². The average Bonchev–Trinajstić information content (AvgIpc) is 3.23. The molecule has 0 radical (unpaired) electrons. The van der Waals surface area contributed by atoms with Crippen LogP contribution in [0.5, 0.6) is 0 Å². The van der Waals surface area contributed by atoms with E-state index in [0.717, 1.165) is 42.4 Å². The number of aliphatic hydroxyl groups is 1. The molecular formula is C23H23FN2O2. The van der Waals surface area contributed by atoms with Crippen LogP contribution >= 0.6 is 0 Å². The smallest absolute Gasteiger partial charge is 0.227 e. The van der Waals surface area contributed by atoms with Gasteiger partial charge in [-0.15, -0.1) is 0 Å². The van der Waals surface area contributed by atoms with E-state index in [1.165, 1.54) is 12.1 Å². The monoisotopic (exact) mass is 378 g/mol. The summed E-state index contributed by atoms with van der Waals surface area (Å²) in [4.78, 5) is 14.5. The first-order valence-electron chi connectivity index (χ1n) is 9.83. The van der Waals surface area contributed by atoms with E-state index < -0.39 is 12.1 Å². The Balaban J connectivity index is 1.70. The maximum atomic E-state index is 13.8. The molecule has 1 saturated carbocycles. The summed E-state index contributed by atoms with van der Waals surface area (Å²) in [5.74, 6) is -0.666. The number of likely N-dealkylation sites (tertiary alicyclic amines) is 1. The molecule has 1 N–H and O–H groups in total. The Morgan fingerprint density at radius 2 is 1.93 bits per heavy atom. The highest BCUT2D eigenvalue weighted by Gasteiger charge is 2.53. The molecule has 0 aromatic heterocycles. The number of benzene rings is 2. The van der Waals surface area contributed by atoms with Gasteiger partial charge in [0.1, 0.15) is 11.9 Å². The van der Waals surface area contributed by atoms with E-state index in [1.807, 2.05) is 30.3 Å². The van der Waals surface area contributed by atoms with Crippen LogP contribution in [0.2, 0.25) is 0 Å². The largest absolute Gasteiger partial charge is 0.394 e. The van der Waals surface area contributed by atoms with Crippen molar-refractivity contribution in [2.45, 2.75) is 43.7 Å². The number of rotatable bonds is 4. The summed E-state index contributed by atoms with van der Waals surface area (Å²) in [6.45, 7) is -0.196. The zero-order chi connectivity index (χ0) is 19.7. The first kappa shape index (κ1) is 18.6. The molecule has 2 aromatic carbocycles. The molecule has 1 saturated heterocycles. The maximum absolute atomic E-state index is 13.8. The number of hydrogen-bond donors (Lipinski definition) is 1. The topological polar surface area (TPSA) is 64.3 Å². The molecule has 1 heterocycles. The fourth-order valence-electron chi connectivity index (χ4n) is 4.77. The van der Waals surface area contributed by atoms with Crippen LogP contribution in [0.25, 0.3) is 11.1 Å². The number of hydrogen-bond acceptors (Lipinski definition) is 3. The molecule has 0 spiro atoms. The molecule has 0 unspecified atom stereocenters. The number of nitrogens with zero attached hydrogens (tertiary/aromatic N) is 2. The Hall–Kier alpha value is -2.71. The second-order valence-corrected chi connectivity index (χ2v) is 7.67. The normalized spacial score (nSPS) is 24.6. The third-order valence-electron chi connectivity index (χ3n) is 6.15. The van der Waals surface area contributed by atoms with Gasteiger partial charge < -0.3 is 10.0 Å². The van der Waals surface area contributed by atoms with Crippen molar-refractivity contribution < 1.29 is 14.3 Å². The van der Waals surface area contributed by atoms with E-state index in [0.29, 0.717) is 0 Å². The highest BCUT2D eigenvalue weighted by atomic mass is 19.1. The number of nitriles is 1. The van der Waals surface area contributed by atoms with Crippen molar-refractivity contribution >= 4 is 5.91 Å². The van der Waals surface area contributed by atoms with Gasteiger partial charge in [0.15, 0.2) is 0 Å². The Morgan fingerprint density at radius 1 is 1.18 bits per heavy atom. The first-order chi connectivity index (χ1) is 13.7. The molecule has 3 atom stereocenters. The standard InChI is InChI=1S/C23H23FN2O2/c24-17-9-5-8-16(12-17)18-10-3-4-11-19(18)22-20(13-25)26(21(22)14-27)23(28)15-6-1-2-7-15/h3-5,8-12,15,20-22,27H,1-2,6-7,14H2/t20-,21-,22+/m1/s1. The van der Waals surface area contributed by atoms with Gasteiger partial charge in [0, 0.05) is 11.8 Å². The van der Waals surface area contributed by atoms with Gasteiger partial charge in [0.25, 0.3) is 0 Å². The number of halogens is 1. The van der Waals surface area contributed by atoms with Crippen LogP contribution < -0.4 is 0 Å². The highest BCUT2D eigenvalue weighted by Crippen LogP contribution is 2.45. The van der Waals surface area contributed by atoms with Gasteiger partial charge in [0.2, 0.25) is 5.91 Å². The van der Waals surface area contributed by atoms with Crippen molar-refractivity contribution in [1.29, 1.82) is 5.26 Å². The molecule has 5 heteroatoms. The Morgan fingerprint density at radius 3 is 2.61 bits per heavy atom. The van der Waals surface area contributed by atoms with Crippen molar-refractivity contribution in [2.75, 3.05) is 6.61 Å². The quantitative estimate of drug-likeness (QED) is 0.879. The molecule has 2 aliphatic rings. The number of carbonyl (C=O) groups excluding carboxylic acids is 1. The van der Waals surface area contributed by atoms with Crippen LogP contribution in [0.1, 0.15) is 37.2 Å². The number of aliphatic hydroxyl groups excluding tert-OH is 1. The summed E-state index contributed by atoms with van der Waals surface area (Å²) in [5, 5.41) is 19.8. The Bertz CT molecular complexity index is 917. The van der Waals surface area contributed by atoms with Crippen LogP contribution in [-0.4, -0.2) is 34.6 Å². The molecule has 4 rings (SSSR count). The fraction of sp³-hybridized carbons (Fsp3) is 0.391. The van der Waals surface area contributed by atoms with Gasteiger partial charge in [-0.1, -0.05) is 49.2 Å². The lowest BCUT2D eigenvalue weighted by Crippen LogP contribution is -2.66. The third kappa shape index (κ3) is 3.08. The SMILES string of the molecule is N#C[C@@H]1[C@H](c2ccccc2-c2cccc(F)c2)[C@@H](CO)N1C(=O)C1CCCC1. The highest BCUT2D eigenvalue weighted by molar-refractivity contribution is 5.82. The number of amides is 1. The van der Waals surface area contributed by atoms with E-state index in [-0.39, 0.29) is 30.2 Å². The molecule has 1 aliphatic heterocycles. The lowest BCUT2D eigenvalue weighted by atomic mass is 9.73. The lowest BCUT2D eigenvalue weighted by molar-refractivity contribution is -0.151. The average molecular weight is 378 g/mol. The van der Waals surface area contributed by atoms with Gasteiger partial charge >= 0.3 is 0 Å². The van der Waals surface area contributed by atoms with Crippen LogP contribution in [0.15, 0.2) is 48.5 Å². The van der Waals surface area contributed by atoms with Crippen molar-refractivity contribution in [3.8, 4) is 17.2 Å². The summed E-state index contributed by atoms with van der Waals surface area (Å²) < 4.78 is 13.8. The second-order valence-electron chi connectivity index (χ2n) is 7.67. The minimum Gasteiger partial charge on any atom is -0.394 e. The minimum atomic E-state index is -0.611.